The molecule has 0 atom stereocenters. The van der Waals surface area contributed by atoms with Crippen LogP contribution in [0.15, 0.2) is 48.8 Å². The van der Waals surface area contributed by atoms with Crippen molar-refractivity contribution in [1.29, 1.82) is 0 Å². The lowest BCUT2D eigenvalue weighted by molar-refractivity contribution is 0.0992. The van der Waals surface area contributed by atoms with Crippen LogP contribution in [0.3, 0.4) is 0 Å². The van der Waals surface area contributed by atoms with Crippen molar-refractivity contribution in [1.82, 2.24) is 4.98 Å². The number of aryl methyl sites for hydroxylation is 1. The van der Waals surface area contributed by atoms with Crippen molar-refractivity contribution >= 4 is 17.4 Å². The van der Waals surface area contributed by atoms with E-state index in [4.69, 9.17) is 11.6 Å². The monoisotopic (exact) mass is 273 g/mol. The lowest BCUT2D eigenvalue weighted by Gasteiger charge is -2.08. The van der Waals surface area contributed by atoms with Gasteiger partial charge in [0.1, 0.15) is 0 Å². The number of halogens is 1. The molecule has 0 N–H and O–H groups in total. The van der Waals surface area contributed by atoms with Gasteiger partial charge in [-0.3, -0.25) is 9.78 Å². The van der Waals surface area contributed by atoms with Gasteiger partial charge in [0.25, 0.3) is 0 Å². The Kier molecular flexibility index (Phi) is 5.10. The van der Waals surface area contributed by atoms with Crippen LogP contribution in [-0.4, -0.2) is 16.6 Å². The number of pyridine rings is 1. The minimum atomic E-state index is 0.137. The maximum atomic E-state index is 12.3. The fourth-order valence-electron chi connectivity index (χ4n) is 2.05. The highest BCUT2D eigenvalue weighted by Gasteiger charge is 2.11. The molecule has 2 nitrogen and oxygen atoms in total. The zero-order valence-corrected chi connectivity index (χ0v) is 11.4. The molecule has 0 bridgehead atoms. The summed E-state index contributed by atoms with van der Waals surface area (Å²) < 4.78 is 0. The van der Waals surface area contributed by atoms with E-state index < -0.39 is 0 Å². The number of rotatable bonds is 6. The molecule has 19 heavy (non-hydrogen) atoms. The molecule has 2 aromatic rings. The highest BCUT2D eigenvalue weighted by atomic mass is 35.5. The SMILES string of the molecule is O=C(Cc1cccnc1)c1ccccc1CCCCl. The molecule has 0 fully saturated rings. The van der Waals surface area contributed by atoms with Crippen LogP contribution in [0.5, 0.6) is 0 Å². The smallest absolute Gasteiger partial charge is 0.167 e. The van der Waals surface area contributed by atoms with E-state index in [0.717, 1.165) is 29.5 Å². The average Bonchev–Trinajstić information content (AvgIpc) is 2.46. The van der Waals surface area contributed by atoms with E-state index in [0.29, 0.717) is 12.3 Å². The molecule has 0 saturated heterocycles. The van der Waals surface area contributed by atoms with Crippen LogP contribution in [0.2, 0.25) is 0 Å². The summed E-state index contributed by atoms with van der Waals surface area (Å²) in [5, 5.41) is 0. The summed E-state index contributed by atoms with van der Waals surface area (Å²) in [7, 11) is 0. The van der Waals surface area contributed by atoms with Gasteiger partial charge in [-0.05, 0) is 30.0 Å². The van der Waals surface area contributed by atoms with Gasteiger partial charge in [0.05, 0.1) is 0 Å². The number of Topliss-reactive ketones (excluding diaryl/α,β-unsaturated/α-hetero) is 1. The second-order valence-electron chi connectivity index (χ2n) is 4.41. The van der Waals surface area contributed by atoms with E-state index in [2.05, 4.69) is 4.98 Å². The van der Waals surface area contributed by atoms with E-state index in [1.807, 2.05) is 36.4 Å². The van der Waals surface area contributed by atoms with Crippen molar-refractivity contribution < 1.29 is 4.79 Å². The van der Waals surface area contributed by atoms with E-state index >= 15 is 0 Å². The molecule has 98 valence electrons. The molecule has 0 aliphatic rings. The summed E-state index contributed by atoms with van der Waals surface area (Å²) in [4.78, 5) is 16.4. The number of ketones is 1. The minimum Gasteiger partial charge on any atom is -0.294 e. The largest absolute Gasteiger partial charge is 0.294 e. The van der Waals surface area contributed by atoms with Crippen molar-refractivity contribution in [3.8, 4) is 0 Å². The zero-order valence-electron chi connectivity index (χ0n) is 10.7. The third kappa shape index (κ3) is 3.90. The molecule has 0 amide bonds. The molecular weight excluding hydrogens is 258 g/mol. The first kappa shape index (κ1) is 13.8. The van der Waals surface area contributed by atoms with Gasteiger partial charge in [0.15, 0.2) is 5.78 Å². The Hall–Kier alpha value is -1.67. The lowest BCUT2D eigenvalue weighted by atomic mass is 9.97. The second kappa shape index (κ2) is 7.05. The van der Waals surface area contributed by atoms with Crippen molar-refractivity contribution in [2.75, 3.05) is 5.88 Å². The summed E-state index contributed by atoms with van der Waals surface area (Å²) in [6, 6.07) is 11.5. The van der Waals surface area contributed by atoms with Crippen LogP contribution in [0.25, 0.3) is 0 Å². The maximum absolute atomic E-state index is 12.3. The third-order valence-electron chi connectivity index (χ3n) is 2.98. The van der Waals surface area contributed by atoms with Gasteiger partial charge in [-0.25, -0.2) is 0 Å². The third-order valence-corrected chi connectivity index (χ3v) is 3.25. The molecule has 0 radical (unpaired) electrons. The first-order valence-corrected chi connectivity index (χ1v) is 6.90. The molecule has 3 heteroatoms. The Morgan fingerprint density at radius 3 is 2.74 bits per heavy atom. The predicted octanol–water partition coefficient (Wildman–Crippen LogP) is 3.68. The van der Waals surface area contributed by atoms with Crippen molar-refractivity contribution in [2.45, 2.75) is 19.3 Å². The van der Waals surface area contributed by atoms with Crippen LogP contribution in [-0.2, 0) is 12.8 Å². The second-order valence-corrected chi connectivity index (χ2v) is 4.79. The van der Waals surface area contributed by atoms with Crippen molar-refractivity contribution in [3.63, 3.8) is 0 Å². The molecule has 1 aromatic carbocycles. The molecule has 1 heterocycles. The number of hydrogen-bond donors (Lipinski definition) is 0. The standard InChI is InChI=1S/C16H16ClNO/c17-9-3-7-14-6-1-2-8-15(14)16(19)11-13-5-4-10-18-12-13/h1-2,4-6,8,10,12H,3,7,9,11H2. The Morgan fingerprint density at radius 1 is 1.16 bits per heavy atom. The van der Waals surface area contributed by atoms with Crippen LogP contribution in [0, 0.1) is 0 Å². The van der Waals surface area contributed by atoms with Crippen molar-refractivity contribution in [2.24, 2.45) is 0 Å². The van der Waals surface area contributed by atoms with Gasteiger partial charge in [0, 0.05) is 30.3 Å². The molecule has 2 rings (SSSR count). The summed E-state index contributed by atoms with van der Waals surface area (Å²) in [5.74, 6) is 0.753. The summed E-state index contributed by atoms with van der Waals surface area (Å²) in [6.07, 6.45) is 5.57. The number of aromatic nitrogens is 1. The fraction of sp³-hybridized carbons (Fsp3) is 0.250. The summed E-state index contributed by atoms with van der Waals surface area (Å²) in [6.45, 7) is 0. The number of nitrogens with zero attached hydrogens (tertiary/aromatic N) is 1. The van der Waals surface area contributed by atoms with E-state index in [1.54, 1.807) is 12.4 Å². The highest BCUT2D eigenvalue weighted by molar-refractivity contribution is 6.17. The van der Waals surface area contributed by atoms with Gasteiger partial charge >= 0.3 is 0 Å². The molecule has 0 aliphatic heterocycles. The van der Waals surface area contributed by atoms with Gasteiger partial charge < -0.3 is 0 Å². The Morgan fingerprint density at radius 2 is 2.00 bits per heavy atom. The Labute approximate surface area is 118 Å². The minimum absolute atomic E-state index is 0.137. The van der Waals surface area contributed by atoms with Gasteiger partial charge in [-0.15, -0.1) is 11.6 Å². The van der Waals surface area contributed by atoms with Crippen LogP contribution in [0.4, 0.5) is 0 Å². The summed E-state index contributed by atoms with van der Waals surface area (Å²) >= 11 is 5.72. The predicted molar refractivity (Wildman–Crippen MR) is 77.8 cm³/mol. The first-order chi connectivity index (χ1) is 9.31. The zero-order chi connectivity index (χ0) is 13.5. The van der Waals surface area contributed by atoms with Gasteiger partial charge in [-0.1, -0.05) is 30.3 Å². The Balaban J connectivity index is 2.14. The quantitative estimate of drug-likeness (QED) is 0.594. The highest BCUT2D eigenvalue weighted by Crippen LogP contribution is 2.14. The van der Waals surface area contributed by atoms with Gasteiger partial charge in [-0.2, -0.15) is 0 Å². The number of carbonyl (C=O) groups excluding carboxylic acids is 1. The lowest BCUT2D eigenvalue weighted by Crippen LogP contribution is -2.07. The fourth-order valence-corrected chi connectivity index (χ4v) is 2.18. The van der Waals surface area contributed by atoms with E-state index in [-0.39, 0.29) is 5.78 Å². The Bertz CT molecular complexity index is 539. The van der Waals surface area contributed by atoms with Crippen LogP contribution in [0.1, 0.15) is 27.9 Å². The van der Waals surface area contributed by atoms with Crippen molar-refractivity contribution in [3.05, 3.63) is 65.5 Å². The van der Waals surface area contributed by atoms with E-state index in [9.17, 15) is 4.79 Å². The molecule has 0 aliphatic carbocycles. The number of carbonyl (C=O) groups is 1. The molecule has 0 unspecified atom stereocenters. The number of benzene rings is 1. The van der Waals surface area contributed by atoms with E-state index in [1.165, 1.54) is 0 Å². The number of alkyl halides is 1. The number of hydrogen-bond acceptors (Lipinski definition) is 2. The average molecular weight is 274 g/mol. The molecule has 0 spiro atoms. The first-order valence-electron chi connectivity index (χ1n) is 6.37. The molecular formula is C16H16ClNO. The topological polar surface area (TPSA) is 30.0 Å². The van der Waals surface area contributed by atoms with Crippen LogP contribution < -0.4 is 0 Å². The molecule has 0 saturated carbocycles. The van der Waals surface area contributed by atoms with Gasteiger partial charge in [0.2, 0.25) is 0 Å². The summed E-state index contributed by atoms with van der Waals surface area (Å²) in [5.41, 5.74) is 2.83. The maximum Gasteiger partial charge on any atom is 0.167 e. The molecule has 1 aromatic heterocycles. The normalized spacial score (nSPS) is 10.4. The van der Waals surface area contributed by atoms with Crippen LogP contribution >= 0.6 is 11.6 Å².